The predicted octanol–water partition coefficient (Wildman–Crippen LogP) is 4.17. The van der Waals surface area contributed by atoms with Crippen molar-refractivity contribution >= 4 is 33.5 Å². The standard InChI is InChI=1S/C18H18BrNO3/c1-11-5-4-6-14(7-11)18(22)23-10-16(21)20-15-8-12(2)17(19)13(3)9-15/h4-9H,10H2,1-3H3,(H,20,21). The SMILES string of the molecule is Cc1cccc(C(=O)OCC(=O)Nc2cc(C)c(Br)c(C)c2)c1. The maximum Gasteiger partial charge on any atom is 0.338 e. The summed E-state index contributed by atoms with van der Waals surface area (Å²) >= 11 is 3.48. The van der Waals surface area contributed by atoms with Crippen LogP contribution in [0.4, 0.5) is 5.69 Å². The maximum absolute atomic E-state index is 11.9. The minimum Gasteiger partial charge on any atom is -0.452 e. The summed E-state index contributed by atoms with van der Waals surface area (Å²) < 4.78 is 6.06. The van der Waals surface area contributed by atoms with E-state index < -0.39 is 5.97 Å². The quantitative estimate of drug-likeness (QED) is 0.815. The molecule has 0 spiro atoms. The van der Waals surface area contributed by atoms with Crippen LogP contribution >= 0.6 is 15.9 Å². The number of aryl methyl sites for hydroxylation is 3. The third-order valence-corrected chi connectivity index (χ3v) is 4.56. The number of hydrogen-bond acceptors (Lipinski definition) is 3. The summed E-state index contributed by atoms with van der Waals surface area (Å²) in [5.74, 6) is -0.876. The molecule has 0 radical (unpaired) electrons. The highest BCUT2D eigenvalue weighted by Crippen LogP contribution is 2.24. The molecule has 0 fully saturated rings. The first-order valence-electron chi connectivity index (χ1n) is 7.17. The normalized spacial score (nSPS) is 10.3. The molecule has 0 saturated carbocycles. The number of ether oxygens (including phenoxy) is 1. The van der Waals surface area contributed by atoms with E-state index >= 15 is 0 Å². The first-order valence-corrected chi connectivity index (χ1v) is 7.96. The first kappa shape index (κ1) is 17.2. The van der Waals surface area contributed by atoms with Crippen LogP contribution in [0.3, 0.4) is 0 Å². The Labute approximate surface area is 144 Å². The van der Waals surface area contributed by atoms with Gasteiger partial charge in [-0.3, -0.25) is 4.79 Å². The third-order valence-electron chi connectivity index (χ3n) is 3.31. The second-order valence-electron chi connectivity index (χ2n) is 5.42. The molecule has 0 heterocycles. The molecule has 2 aromatic carbocycles. The van der Waals surface area contributed by atoms with Gasteiger partial charge in [-0.25, -0.2) is 4.79 Å². The molecular formula is C18H18BrNO3. The van der Waals surface area contributed by atoms with E-state index in [2.05, 4.69) is 21.2 Å². The van der Waals surface area contributed by atoms with Crippen LogP contribution in [0.15, 0.2) is 40.9 Å². The highest BCUT2D eigenvalue weighted by Gasteiger charge is 2.11. The van der Waals surface area contributed by atoms with E-state index in [1.54, 1.807) is 18.2 Å². The molecule has 120 valence electrons. The minimum absolute atomic E-state index is 0.319. The Morgan fingerprint density at radius 1 is 1.09 bits per heavy atom. The zero-order valence-electron chi connectivity index (χ0n) is 13.3. The van der Waals surface area contributed by atoms with Crippen LogP contribution in [0, 0.1) is 20.8 Å². The molecule has 23 heavy (non-hydrogen) atoms. The lowest BCUT2D eigenvalue weighted by atomic mass is 10.1. The number of carbonyl (C=O) groups is 2. The van der Waals surface area contributed by atoms with Crippen molar-refractivity contribution in [3.63, 3.8) is 0 Å². The van der Waals surface area contributed by atoms with Gasteiger partial charge >= 0.3 is 5.97 Å². The van der Waals surface area contributed by atoms with Gasteiger partial charge in [0.2, 0.25) is 0 Å². The molecule has 0 aliphatic carbocycles. The first-order chi connectivity index (χ1) is 10.9. The molecule has 4 nitrogen and oxygen atoms in total. The van der Waals surface area contributed by atoms with Gasteiger partial charge in [-0.15, -0.1) is 0 Å². The monoisotopic (exact) mass is 375 g/mol. The highest BCUT2D eigenvalue weighted by molar-refractivity contribution is 9.10. The summed E-state index contributed by atoms with van der Waals surface area (Å²) in [4.78, 5) is 23.8. The van der Waals surface area contributed by atoms with Crippen molar-refractivity contribution in [1.29, 1.82) is 0 Å². The Morgan fingerprint density at radius 2 is 1.74 bits per heavy atom. The van der Waals surface area contributed by atoms with E-state index in [1.807, 2.05) is 39.0 Å². The Morgan fingerprint density at radius 3 is 2.35 bits per heavy atom. The number of amides is 1. The number of benzene rings is 2. The van der Waals surface area contributed by atoms with Crippen molar-refractivity contribution in [1.82, 2.24) is 0 Å². The molecule has 0 bridgehead atoms. The molecular weight excluding hydrogens is 358 g/mol. The molecule has 1 N–H and O–H groups in total. The second kappa shape index (κ2) is 7.42. The van der Waals surface area contributed by atoms with Gasteiger partial charge in [0.1, 0.15) is 0 Å². The number of hydrogen-bond donors (Lipinski definition) is 1. The Kier molecular flexibility index (Phi) is 5.55. The summed E-state index contributed by atoms with van der Waals surface area (Å²) in [7, 11) is 0. The van der Waals surface area contributed by atoms with Gasteiger partial charge in [-0.2, -0.15) is 0 Å². The van der Waals surface area contributed by atoms with E-state index in [0.717, 1.165) is 21.2 Å². The summed E-state index contributed by atoms with van der Waals surface area (Å²) in [6.07, 6.45) is 0. The zero-order chi connectivity index (χ0) is 17.0. The molecule has 0 aliphatic heterocycles. The number of carbonyl (C=O) groups excluding carboxylic acids is 2. The van der Waals surface area contributed by atoms with Crippen LogP contribution in [0.25, 0.3) is 0 Å². The van der Waals surface area contributed by atoms with Crippen LogP contribution < -0.4 is 5.32 Å². The number of rotatable bonds is 4. The molecule has 5 heteroatoms. The van der Waals surface area contributed by atoms with Crippen molar-refractivity contribution in [3.8, 4) is 0 Å². The average Bonchev–Trinajstić information content (AvgIpc) is 2.50. The number of esters is 1. The fraction of sp³-hybridized carbons (Fsp3) is 0.222. The van der Waals surface area contributed by atoms with E-state index in [4.69, 9.17) is 4.74 Å². The summed E-state index contributed by atoms with van der Waals surface area (Å²) in [5.41, 5.74) is 4.13. The Balaban J connectivity index is 1.94. The van der Waals surface area contributed by atoms with Gasteiger partial charge < -0.3 is 10.1 Å². The number of nitrogens with one attached hydrogen (secondary N) is 1. The maximum atomic E-state index is 11.9. The van der Waals surface area contributed by atoms with Gasteiger partial charge in [0.25, 0.3) is 5.91 Å². The van der Waals surface area contributed by atoms with Crippen LogP contribution in [0.2, 0.25) is 0 Å². The summed E-state index contributed by atoms with van der Waals surface area (Å²) in [6.45, 7) is 5.47. The van der Waals surface area contributed by atoms with Gasteiger partial charge in [0.15, 0.2) is 6.61 Å². The number of halogens is 1. The smallest absolute Gasteiger partial charge is 0.338 e. The Hall–Kier alpha value is -2.14. The summed E-state index contributed by atoms with van der Waals surface area (Å²) in [6, 6.07) is 10.8. The fourth-order valence-corrected chi connectivity index (χ4v) is 2.43. The average molecular weight is 376 g/mol. The number of anilines is 1. The predicted molar refractivity (Wildman–Crippen MR) is 93.7 cm³/mol. The molecule has 1 amide bonds. The van der Waals surface area contributed by atoms with Crippen molar-refractivity contribution in [2.24, 2.45) is 0 Å². The molecule has 0 aliphatic rings. The van der Waals surface area contributed by atoms with E-state index in [0.29, 0.717) is 11.3 Å². The van der Waals surface area contributed by atoms with Crippen LogP contribution in [0.5, 0.6) is 0 Å². The van der Waals surface area contributed by atoms with Crippen LogP contribution in [-0.4, -0.2) is 18.5 Å². The van der Waals surface area contributed by atoms with Gasteiger partial charge in [0, 0.05) is 10.2 Å². The lowest BCUT2D eigenvalue weighted by Crippen LogP contribution is -2.21. The second-order valence-corrected chi connectivity index (χ2v) is 6.21. The molecule has 0 atom stereocenters. The minimum atomic E-state index is -0.507. The lowest BCUT2D eigenvalue weighted by Gasteiger charge is -2.10. The zero-order valence-corrected chi connectivity index (χ0v) is 14.9. The van der Waals surface area contributed by atoms with Crippen molar-refractivity contribution in [3.05, 3.63) is 63.1 Å². The van der Waals surface area contributed by atoms with Crippen molar-refractivity contribution in [2.75, 3.05) is 11.9 Å². The summed E-state index contributed by atoms with van der Waals surface area (Å²) in [5, 5.41) is 2.73. The van der Waals surface area contributed by atoms with Gasteiger partial charge in [-0.1, -0.05) is 33.6 Å². The Bertz CT molecular complexity index is 733. The molecule has 2 rings (SSSR count). The largest absolute Gasteiger partial charge is 0.452 e. The highest BCUT2D eigenvalue weighted by atomic mass is 79.9. The fourth-order valence-electron chi connectivity index (χ4n) is 2.20. The lowest BCUT2D eigenvalue weighted by molar-refractivity contribution is -0.119. The van der Waals surface area contributed by atoms with Crippen LogP contribution in [0.1, 0.15) is 27.0 Å². The van der Waals surface area contributed by atoms with Gasteiger partial charge in [0.05, 0.1) is 5.56 Å². The van der Waals surface area contributed by atoms with Crippen LogP contribution in [-0.2, 0) is 9.53 Å². The topological polar surface area (TPSA) is 55.4 Å². The van der Waals surface area contributed by atoms with E-state index in [9.17, 15) is 9.59 Å². The van der Waals surface area contributed by atoms with Crippen molar-refractivity contribution < 1.29 is 14.3 Å². The van der Waals surface area contributed by atoms with Crippen molar-refractivity contribution in [2.45, 2.75) is 20.8 Å². The molecule has 0 saturated heterocycles. The third kappa shape index (κ3) is 4.66. The van der Waals surface area contributed by atoms with Gasteiger partial charge in [-0.05, 0) is 56.2 Å². The van der Waals surface area contributed by atoms with E-state index in [-0.39, 0.29) is 12.5 Å². The van der Waals surface area contributed by atoms with E-state index in [1.165, 1.54) is 0 Å². The molecule has 0 unspecified atom stereocenters. The molecule has 2 aromatic rings. The molecule has 0 aromatic heterocycles.